The van der Waals surface area contributed by atoms with Crippen LogP contribution >= 0.6 is 0 Å². The number of aliphatic hydroxyl groups excluding tert-OH is 1. The quantitative estimate of drug-likeness (QED) is 0.836. The summed E-state index contributed by atoms with van der Waals surface area (Å²) in [5, 5.41) is 13.1. The van der Waals surface area contributed by atoms with Crippen LogP contribution in [0.4, 0.5) is 0 Å². The summed E-state index contributed by atoms with van der Waals surface area (Å²) in [6.45, 7) is 7.17. The van der Waals surface area contributed by atoms with Crippen LogP contribution in [0.15, 0.2) is 4.52 Å². The van der Waals surface area contributed by atoms with E-state index in [-0.39, 0.29) is 6.61 Å². The first-order valence-electron chi connectivity index (χ1n) is 7.77. The molecule has 6 heteroatoms. The summed E-state index contributed by atoms with van der Waals surface area (Å²) in [7, 11) is 0. The zero-order valence-electron chi connectivity index (χ0n) is 13.3. The fourth-order valence-corrected chi connectivity index (χ4v) is 2.87. The van der Waals surface area contributed by atoms with Crippen LogP contribution in [0.1, 0.15) is 70.6 Å². The van der Waals surface area contributed by atoms with E-state index >= 15 is 0 Å². The topological polar surface area (TPSA) is 94.4 Å². The first kappa shape index (κ1) is 16.4. The Morgan fingerprint density at radius 1 is 1.33 bits per heavy atom. The van der Waals surface area contributed by atoms with E-state index in [1.807, 2.05) is 6.92 Å². The molecule has 1 unspecified atom stereocenters. The van der Waals surface area contributed by atoms with Gasteiger partial charge < -0.3 is 20.1 Å². The van der Waals surface area contributed by atoms with Gasteiger partial charge >= 0.3 is 0 Å². The Balaban J connectivity index is 2.19. The van der Waals surface area contributed by atoms with Gasteiger partial charge in [-0.1, -0.05) is 19.0 Å². The molecule has 0 bridgehead atoms. The van der Waals surface area contributed by atoms with Crippen LogP contribution in [-0.4, -0.2) is 28.5 Å². The lowest BCUT2D eigenvalue weighted by atomic mass is 9.70. The highest BCUT2D eigenvalue weighted by atomic mass is 16.5. The van der Waals surface area contributed by atoms with Gasteiger partial charge in [-0.05, 0) is 44.4 Å². The van der Waals surface area contributed by atoms with Crippen molar-refractivity contribution in [2.45, 2.75) is 64.5 Å². The summed E-state index contributed by atoms with van der Waals surface area (Å²) in [5.41, 5.74) is 5.79. The fraction of sp³-hybridized carbons (Fsp3) is 0.867. The second-order valence-electron chi connectivity index (χ2n) is 6.67. The molecule has 120 valence electrons. The van der Waals surface area contributed by atoms with Gasteiger partial charge in [-0.15, -0.1) is 0 Å². The lowest BCUT2D eigenvalue weighted by Crippen LogP contribution is -2.38. The molecule has 0 amide bonds. The highest BCUT2D eigenvalue weighted by Crippen LogP contribution is 2.46. The third-order valence-corrected chi connectivity index (χ3v) is 4.44. The normalized spacial score (nSPS) is 22.1. The maximum Gasteiger partial charge on any atom is 0.243 e. The zero-order valence-corrected chi connectivity index (χ0v) is 13.3. The Hall–Kier alpha value is -0.980. The van der Waals surface area contributed by atoms with E-state index in [1.54, 1.807) is 0 Å². The SMILES string of the molecule is CCOC1(c2noc(C(N)CCO)n2)CCC(C)(C)CC1. The van der Waals surface area contributed by atoms with Gasteiger partial charge in [-0.2, -0.15) is 4.98 Å². The second-order valence-corrected chi connectivity index (χ2v) is 6.67. The number of hydrogen-bond donors (Lipinski definition) is 2. The minimum atomic E-state index is -0.453. The predicted octanol–water partition coefficient (Wildman–Crippen LogP) is 2.28. The van der Waals surface area contributed by atoms with Gasteiger partial charge in [0.2, 0.25) is 11.7 Å². The Morgan fingerprint density at radius 3 is 2.57 bits per heavy atom. The Kier molecular flexibility index (Phi) is 5.01. The van der Waals surface area contributed by atoms with Crippen molar-refractivity contribution in [3.05, 3.63) is 11.7 Å². The van der Waals surface area contributed by atoms with Gasteiger partial charge in [-0.25, -0.2) is 0 Å². The molecule has 1 fully saturated rings. The monoisotopic (exact) mass is 297 g/mol. The first-order chi connectivity index (χ1) is 9.92. The molecule has 1 aliphatic rings. The van der Waals surface area contributed by atoms with E-state index in [4.69, 9.17) is 20.1 Å². The largest absolute Gasteiger partial charge is 0.396 e. The van der Waals surface area contributed by atoms with E-state index in [0.29, 0.717) is 30.2 Å². The van der Waals surface area contributed by atoms with E-state index < -0.39 is 11.6 Å². The van der Waals surface area contributed by atoms with E-state index in [2.05, 4.69) is 24.0 Å². The number of nitrogens with two attached hydrogens (primary N) is 1. The van der Waals surface area contributed by atoms with Crippen molar-refractivity contribution in [2.24, 2.45) is 11.1 Å². The highest BCUT2D eigenvalue weighted by Gasteiger charge is 2.44. The van der Waals surface area contributed by atoms with Crippen molar-refractivity contribution >= 4 is 0 Å². The number of nitrogens with zero attached hydrogens (tertiary/aromatic N) is 2. The van der Waals surface area contributed by atoms with Gasteiger partial charge in [0.1, 0.15) is 5.60 Å². The molecule has 2 rings (SSSR count). The minimum Gasteiger partial charge on any atom is -0.396 e. The number of hydrogen-bond acceptors (Lipinski definition) is 6. The second kappa shape index (κ2) is 6.42. The molecule has 1 aliphatic carbocycles. The van der Waals surface area contributed by atoms with Crippen LogP contribution in [0.25, 0.3) is 0 Å². The average molecular weight is 297 g/mol. The van der Waals surface area contributed by atoms with Crippen molar-refractivity contribution in [1.29, 1.82) is 0 Å². The Labute approximate surface area is 126 Å². The number of rotatable bonds is 6. The molecule has 0 saturated heterocycles. The van der Waals surface area contributed by atoms with Crippen LogP contribution in [0.2, 0.25) is 0 Å². The summed E-state index contributed by atoms with van der Waals surface area (Å²) in [4.78, 5) is 4.45. The molecule has 1 aromatic heterocycles. The Morgan fingerprint density at radius 2 is 2.00 bits per heavy atom. The molecule has 3 N–H and O–H groups in total. The standard InChI is InChI=1S/C15H27N3O3/c1-4-20-15(8-6-14(2,3)7-9-15)13-17-12(21-18-13)11(16)5-10-19/h11,19H,4-10,16H2,1-3H3. The summed E-state index contributed by atoms with van der Waals surface area (Å²) >= 11 is 0. The summed E-state index contributed by atoms with van der Waals surface area (Å²) in [6.07, 6.45) is 4.33. The van der Waals surface area contributed by atoms with Gasteiger partial charge in [0, 0.05) is 13.2 Å². The number of aromatic nitrogens is 2. The van der Waals surface area contributed by atoms with Crippen molar-refractivity contribution < 1.29 is 14.4 Å². The lowest BCUT2D eigenvalue weighted by molar-refractivity contribution is -0.0957. The number of aliphatic hydroxyl groups is 1. The van der Waals surface area contributed by atoms with Gasteiger partial charge in [0.05, 0.1) is 6.04 Å². The average Bonchev–Trinajstić information content (AvgIpc) is 2.92. The molecule has 1 heterocycles. The maximum absolute atomic E-state index is 8.95. The summed E-state index contributed by atoms with van der Waals surface area (Å²) < 4.78 is 11.3. The van der Waals surface area contributed by atoms with E-state index in [1.165, 1.54) is 0 Å². The first-order valence-corrected chi connectivity index (χ1v) is 7.77. The van der Waals surface area contributed by atoms with Crippen LogP contribution in [0, 0.1) is 5.41 Å². The summed E-state index contributed by atoms with van der Waals surface area (Å²) in [6, 6.07) is -0.421. The van der Waals surface area contributed by atoms with Crippen molar-refractivity contribution in [2.75, 3.05) is 13.2 Å². The molecular formula is C15H27N3O3. The minimum absolute atomic E-state index is 0.00364. The molecule has 0 spiro atoms. The smallest absolute Gasteiger partial charge is 0.243 e. The molecule has 6 nitrogen and oxygen atoms in total. The molecule has 1 saturated carbocycles. The molecule has 0 aromatic carbocycles. The van der Waals surface area contributed by atoms with Crippen LogP contribution in [-0.2, 0) is 10.3 Å². The third-order valence-electron chi connectivity index (χ3n) is 4.44. The third kappa shape index (κ3) is 3.62. The zero-order chi connectivity index (χ0) is 15.5. The van der Waals surface area contributed by atoms with Crippen LogP contribution in [0.3, 0.4) is 0 Å². The molecule has 0 radical (unpaired) electrons. The van der Waals surface area contributed by atoms with Crippen LogP contribution < -0.4 is 5.73 Å². The predicted molar refractivity (Wildman–Crippen MR) is 78.5 cm³/mol. The van der Waals surface area contributed by atoms with Crippen molar-refractivity contribution in [3.63, 3.8) is 0 Å². The Bertz CT molecular complexity index is 449. The molecule has 1 atom stereocenters. The molecule has 1 aromatic rings. The van der Waals surface area contributed by atoms with Gasteiger partial charge in [0.25, 0.3) is 0 Å². The molecule has 21 heavy (non-hydrogen) atoms. The lowest BCUT2D eigenvalue weighted by Gasteiger charge is -2.41. The van der Waals surface area contributed by atoms with E-state index in [9.17, 15) is 0 Å². The van der Waals surface area contributed by atoms with Crippen LogP contribution in [0.5, 0.6) is 0 Å². The highest BCUT2D eigenvalue weighted by molar-refractivity contribution is 5.06. The van der Waals surface area contributed by atoms with Gasteiger partial charge in [-0.3, -0.25) is 0 Å². The number of ether oxygens (including phenoxy) is 1. The molecular weight excluding hydrogens is 270 g/mol. The summed E-state index contributed by atoms with van der Waals surface area (Å²) in [5.74, 6) is 0.978. The van der Waals surface area contributed by atoms with Crippen molar-refractivity contribution in [1.82, 2.24) is 10.1 Å². The molecule has 0 aliphatic heterocycles. The maximum atomic E-state index is 8.95. The van der Waals surface area contributed by atoms with Gasteiger partial charge in [0.15, 0.2) is 0 Å². The fourth-order valence-electron chi connectivity index (χ4n) is 2.87. The van der Waals surface area contributed by atoms with Crippen molar-refractivity contribution in [3.8, 4) is 0 Å². The van der Waals surface area contributed by atoms with E-state index in [0.717, 1.165) is 25.7 Å².